The van der Waals surface area contributed by atoms with Crippen LogP contribution >= 0.6 is 0 Å². The summed E-state index contributed by atoms with van der Waals surface area (Å²) in [5, 5.41) is 15.4. The fraction of sp³-hybridized carbons (Fsp3) is 0.333. The lowest BCUT2D eigenvalue weighted by Gasteiger charge is -2.14. The van der Waals surface area contributed by atoms with Gasteiger partial charge in [0, 0.05) is 12.4 Å². The van der Waals surface area contributed by atoms with E-state index in [9.17, 15) is 0 Å². The number of hydrogen-bond acceptors (Lipinski definition) is 6. The van der Waals surface area contributed by atoms with E-state index in [-0.39, 0.29) is 5.92 Å². The molecule has 0 saturated carbocycles. The minimum atomic E-state index is 0.274. The zero-order chi connectivity index (χ0) is 20.4. The molecule has 8 heteroatoms. The first-order chi connectivity index (χ1) is 14.1. The van der Waals surface area contributed by atoms with Gasteiger partial charge in [-0.2, -0.15) is 10.2 Å². The van der Waals surface area contributed by atoms with Gasteiger partial charge in [0.2, 0.25) is 5.88 Å². The van der Waals surface area contributed by atoms with Crippen LogP contribution in [0, 0.1) is 6.92 Å². The molecule has 0 radical (unpaired) electrons. The summed E-state index contributed by atoms with van der Waals surface area (Å²) in [4.78, 5) is 9.16. The van der Waals surface area contributed by atoms with Gasteiger partial charge in [0.1, 0.15) is 11.3 Å². The van der Waals surface area contributed by atoms with Gasteiger partial charge in [-0.1, -0.05) is 13.8 Å². The number of hydrogen-bond donors (Lipinski definition) is 2. The molecule has 4 heterocycles. The summed E-state index contributed by atoms with van der Waals surface area (Å²) in [6.07, 6.45) is 3.47. The minimum Gasteiger partial charge on any atom is -0.477 e. The molecule has 150 valence electrons. The third kappa shape index (κ3) is 3.65. The topological polar surface area (TPSA) is 93.0 Å². The molecule has 8 nitrogen and oxygen atoms in total. The van der Waals surface area contributed by atoms with Crippen LogP contribution in [0.15, 0.2) is 36.7 Å². The Balaban J connectivity index is 1.88. The van der Waals surface area contributed by atoms with Crippen LogP contribution in [0.5, 0.6) is 5.88 Å². The molecule has 0 atom stereocenters. The maximum atomic E-state index is 5.73. The number of rotatable bonds is 7. The van der Waals surface area contributed by atoms with Gasteiger partial charge in [-0.3, -0.25) is 5.10 Å². The largest absolute Gasteiger partial charge is 0.477 e. The van der Waals surface area contributed by atoms with E-state index in [0.29, 0.717) is 19.0 Å². The SMILES string of the molecule is CCOc1ncccc1-c1cc(NCc2ccn[nH]2)c2c(C(C)C)nc(C)n2n1. The van der Waals surface area contributed by atoms with Gasteiger partial charge in [-0.05, 0) is 44.0 Å². The molecule has 0 saturated heterocycles. The van der Waals surface area contributed by atoms with Crippen LogP contribution < -0.4 is 10.1 Å². The fourth-order valence-electron chi connectivity index (χ4n) is 3.34. The number of imidazole rings is 1. The summed E-state index contributed by atoms with van der Waals surface area (Å²) in [7, 11) is 0. The first-order valence-corrected chi connectivity index (χ1v) is 9.79. The molecule has 0 spiro atoms. The van der Waals surface area contributed by atoms with Crippen molar-refractivity contribution in [3.8, 4) is 17.1 Å². The van der Waals surface area contributed by atoms with Crippen LogP contribution in [0.1, 0.15) is 43.9 Å². The Labute approximate surface area is 169 Å². The summed E-state index contributed by atoms with van der Waals surface area (Å²) >= 11 is 0. The van der Waals surface area contributed by atoms with Crippen molar-refractivity contribution < 1.29 is 4.74 Å². The summed E-state index contributed by atoms with van der Waals surface area (Å²) in [6.45, 7) is 9.36. The van der Waals surface area contributed by atoms with Crippen molar-refractivity contribution in [2.24, 2.45) is 0 Å². The third-order valence-corrected chi connectivity index (χ3v) is 4.69. The van der Waals surface area contributed by atoms with Crippen molar-refractivity contribution >= 4 is 11.2 Å². The Kier molecular flexibility index (Phi) is 5.16. The van der Waals surface area contributed by atoms with Crippen molar-refractivity contribution in [1.82, 2.24) is 29.8 Å². The standard InChI is InChI=1S/C21H25N7O/c1-5-29-21-16(7-6-9-22-21)17-11-18(23-12-15-8-10-24-26-15)20-19(13(2)3)25-14(4)28(20)27-17/h6-11,13,23H,5,12H2,1-4H3,(H,24,26). The highest BCUT2D eigenvalue weighted by atomic mass is 16.5. The average Bonchev–Trinajstić information content (AvgIpc) is 3.35. The Morgan fingerprint density at radius 2 is 2.10 bits per heavy atom. The van der Waals surface area contributed by atoms with Crippen molar-refractivity contribution in [2.75, 3.05) is 11.9 Å². The van der Waals surface area contributed by atoms with Crippen LogP contribution in [0.25, 0.3) is 16.8 Å². The summed E-state index contributed by atoms with van der Waals surface area (Å²) < 4.78 is 7.63. The average molecular weight is 391 g/mol. The monoisotopic (exact) mass is 391 g/mol. The zero-order valence-electron chi connectivity index (χ0n) is 17.1. The minimum absolute atomic E-state index is 0.274. The van der Waals surface area contributed by atoms with E-state index in [1.165, 1.54) is 0 Å². The summed E-state index contributed by atoms with van der Waals surface area (Å²) in [6, 6.07) is 7.85. The van der Waals surface area contributed by atoms with E-state index in [0.717, 1.165) is 39.7 Å². The maximum Gasteiger partial charge on any atom is 0.222 e. The van der Waals surface area contributed by atoms with E-state index >= 15 is 0 Å². The highest BCUT2D eigenvalue weighted by Crippen LogP contribution is 2.33. The van der Waals surface area contributed by atoms with Gasteiger partial charge >= 0.3 is 0 Å². The lowest BCUT2D eigenvalue weighted by molar-refractivity contribution is 0.328. The number of anilines is 1. The molecule has 0 unspecified atom stereocenters. The van der Waals surface area contributed by atoms with E-state index in [4.69, 9.17) is 14.8 Å². The molecule has 4 aromatic heterocycles. The Morgan fingerprint density at radius 3 is 2.83 bits per heavy atom. The van der Waals surface area contributed by atoms with Gasteiger partial charge in [0.25, 0.3) is 0 Å². The molecule has 4 rings (SSSR count). The predicted octanol–water partition coefficient (Wildman–Crippen LogP) is 3.96. The van der Waals surface area contributed by atoms with E-state index < -0.39 is 0 Å². The summed E-state index contributed by atoms with van der Waals surface area (Å²) in [5.41, 5.74) is 5.59. The highest BCUT2D eigenvalue weighted by Gasteiger charge is 2.19. The first-order valence-electron chi connectivity index (χ1n) is 9.79. The molecule has 4 aromatic rings. The van der Waals surface area contributed by atoms with Crippen LogP contribution in [-0.4, -0.2) is 36.4 Å². The smallest absolute Gasteiger partial charge is 0.222 e. The molecule has 0 amide bonds. The number of nitrogens with one attached hydrogen (secondary N) is 2. The number of nitrogens with zero attached hydrogens (tertiary/aromatic N) is 5. The first kappa shape index (κ1) is 18.9. The van der Waals surface area contributed by atoms with E-state index in [1.807, 2.05) is 42.6 Å². The number of aryl methyl sites for hydroxylation is 1. The second-order valence-electron chi connectivity index (χ2n) is 7.13. The highest BCUT2D eigenvalue weighted by molar-refractivity contribution is 5.80. The molecule has 0 aliphatic carbocycles. The molecule has 2 N–H and O–H groups in total. The molecule has 0 fully saturated rings. The van der Waals surface area contributed by atoms with Crippen LogP contribution in [-0.2, 0) is 6.54 Å². The predicted molar refractivity (Wildman–Crippen MR) is 112 cm³/mol. The Morgan fingerprint density at radius 1 is 1.24 bits per heavy atom. The van der Waals surface area contributed by atoms with E-state index in [1.54, 1.807) is 12.4 Å². The van der Waals surface area contributed by atoms with Crippen LogP contribution in [0.3, 0.4) is 0 Å². The van der Waals surface area contributed by atoms with Gasteiger partial charge in [0.15, 0.2) is 0 Å². The van der Waals surface area contributed by atoms with Gasteiger partial charge < -0.3 is 10.1 Å². The molecular formula is C21H25N7O. The molecular weight excluding hydrogens is 366 g/mol. The lowest BCUT2D eigenvalue weighted by Crippen LogP contribution is -2.07. The van der Waals surface area contributed by atoms with Crippen molar-refractivity contribution in [3.05, 3.63) is 53.9 Å². The third-order valence-electron chi connectivity index (χ3n) is 4.69. The zero-order valence-corrected chi connectivity index (χ0v) is 17.1. The number of aromatic nitrogens is 6. The van der Waals surface area contributed by atoms with Crippen molar-refractivity contribution in [3.63, 3.8) is 0 Å². The van der Waals surface area contributed by atoms with Gasteiger partial charge in [-0.25, -0.2) is 14.5 Å². The number of H-pyrrole nitrogens is 1. The number of pyridine rings is 1. The number of aromatic amines is 1. The fourth-order valence-corrected chi connectivity index (χ4v) is 3.34. The van der Waals surface area contributed by atoms with Gasteiger partial charge in [0.05, 0.1) is 41.5 Å². The van der Waals surface area contributed by atoms with Crippen LogP contribution in [0.4, 0.5) is 5.69 Å². The normalized spacial score (nSPS) is 11.3. The molecule has 0 bridgehead atoms. The van der Waals surface area contributed by atoms with Crippen molar-refractivity contribution in [1.29, 1.82) is 0 Å². The maximum absolute atomic E-state index is 5.73. The quantitative estimate of drug-likeness (QED) is 0.495. The molecule has 0 aliphatic heterocycles. The van der Waals surface area contributed by atoms with Crippen LogP contribution in [0.2, 0.25) is 0 Å². The van der Waals surface area contributed by atoms with Gasteiger partial charge in [-0.15, -0.1) is 0 Å². The Hall–Kier alpha value is -3.42. The molecule has 29 heavy (non-hydrogen) atoms. The molecule has 0 aliphatic rings. The summed E-state index contributed by atoms with van der Waals surface area (Å²) in [5.74, 6) is 1.69. The number of ether oxygens (including phenoxy) is 1. The molecule has 0 aromatic carbocycles. The second kappa shape index (κ2) is 7.90. The number of fused-ring (bicyclic) bond motifs is 1. The Bertz CT molecular complexity index is 1120. The lowest BCUT2D eigenvalue weighted by atomic mass is 10.1. The second-order valence-corrected chi connectivity index (χ2v) is 7.13. The van der Waals surface area contributed by atoms with Crippen molar-refractivity contribution in [2.45, 2.75) is 40.2 Å². The van der Waals surface area contributed by atoms with E-state index in [2.05, 4.69) is 34.3 Å².